The first-order valence-corrected chi connectivity index (χ1v) is 9.31. The number of carbonyl (C=O) groups is 1. The van der Waals surface area contributed by atoms with Crippen LogP contribution in [0, 0.1) is 11.6 Å². The molecule has 2 aromatic rings. The largest absolute Gasteiger partial charge is 0.393 e. The topological polar surface area (TPSA) is 85.7 Å². The summed E-state index contributed by atoms with van der Waals surface area (Å²) >= 11 is 0. The van der Waals surface area contributed by atoms with Crippen molar-refractivity contribution in [2.24, 2.45) is 0 Å². The van der Waals surface area contributed by atoms with Crippen molar-refractivity contribution in [3.8, 4) is 0 Å². The fourth-order valence-electron chi connectivity index (χ4n) is 3.31. The number of aliphatic hydroxyl groups is 2. The summed E-state index contributed by atoms with van der Waals surface area (Å²) in [5.74, 6) is -1.73. The lowest BCUT2D eigenvalue weighted by molar-refractivity contribution is 0.0639. The van der Waals surface area contributed by atoms with Crippen molar-refractivity contribution in [1.82, 2.24) is 9.88 Å². The lowest BCUT2D eigenvalue weighted by atomic mass is 9.89. The number of anilines is 1. The number of amides is 2. The van der Waals surface area contributed by atoms with Crippen LogP contribution in [-0.2, 0) is 12.3 Å². The SMILES string of the molecule is O=C(Nc1ccc(CF)c(F)c1)N1CCC(F)(c2ncc([C@@H](O)CO)cc2F)CC1. The maximum absolute atomic E-state index is 15.3. The Morgan fingerprint density at radius 3 is 2.50 bits per heavy atom. The van der Waals surface area contributed by atoms with E-state index in [9.17, 15) is 23.1 Å². The van der Waals surface area contributed by atoms with Gasteiger partial charge in [-0.2, -0.15) is 0 Å². The van der Waals surface area contributed by atoms with E-state index in [1.165, 1.54) is 17.0 Å². The molecule has 1 saturated heterocycles. The van der Waals surface area contributed by atoms with Gasteiger partial charge in [0, 0.05) is 48.9 Å². The van der Waals surface area contributed by atoms with Crippen molar-refractivity contribution in [3.63, 3.8) is 0 Å². The van der Waals surface area contributed by atoms with Gasteiger partial charge in [0.1, 0.15) is 30.1 Å². The van der Waals surface area contributed by atoms with Crippen LogP contribution in [0.15, 0.2) is 30.5 Å². The Kier molecular flexibility index (Phi) is 6.57. The minimum atomic E-state index is -2.10. The number of pyridine rings is 1. The molecule has 162 valence electrons. The Hall–Kier alpha value is -2.72. The summed E-state index contributed by atoms with van der Waals surface area (Å²) in [6, 6.07) is 3.93. The number of hydrogen-bond donors (Lipinski definition) is 3. The molecule has 0 spiro atoms. The fourth-order valence-corrected chi connectivity index (χ4v) is 3.31. The molecule has 1 atom stereocenters. The Labute approximate surface area is 170 Å². The van der Waals surface area contributed by atoms with E-state index >= 15 is 4.39 Å². The Balaban J connectivity index is 1.65. The Morgan fingerprint density at radius 2 is 1.93 bits per heavy atom. The number of halogens is 4. The van der Waals surface area contributed by atoms with E-state index in [0.29, 0.717) is 0 Å². The van der Waals surface area contributed by atoms with Crippen LogP contribution in [0.3, 0.4) is 0 Å². The maximum atomic E-state index is 15.3. The van der Waals surface area contributed by atoms with E-state index in [4.69, 9.17) is 5.11 Å². The van der Waals surface area contributed by atoms with Crippen molar-refractivity contribution in [2.75, 3.05) is 25.0 Å². The van der Waals surface area contributed by atoms with E-state index in [-0.39, 0.29) is 42.7 Å². The van der Waals surface area contributed by atoms with Crippen LogP contribution < -0.4 is 5.32 Å². The summed E-state index contributed by atoms with van der Waals surface area (Å²) in [4.78, 5) is 17.5. The molecule has 1 aliphatic heterocycles. The number of alkyl halides is 2. The Morgan fingerprint density at radius 1 is 1.23 bits per heavy atom. The summed E-state index contributed by atoms with van der Waals surface area (Å²) in [5.41, 5.74) is -2.47. The quantitative estimate of drug-likeness (QED) is 0.639. The van der Waals surface area contributed by atoms with Gasteiger partial charge < -0.3 is 20.4 Å². The number of aliphatic hydroxyl groups excluding tert-OH is 2. The lowest BCUT2D eigenvalue weighted by Crippen LogP contribution is -2.45. The van der Waals surface area contributed by atoms with Crippen molar-refractivity contribution in [3.05, 3.63) is 58.9 Å². The van der Waals surface area contributed by atoms with Gasteiger partial charge in [0.05, 0.1) is 6.61 Å². The number of benzene rings is 1. The number of piperidine rings is 1. The molecule has 0 saturated carbocycles. The first kappa shape index (κ1) is 22.0. The van der Waals surface area contributed by atoms with Crippen LogP contribution in [0.5, 0.6) is 0 Å². The molecule has 0 bridgehead atoms. The van der Waals surface area contributed by atoms with Gasteiger partial charge in [-0.25, -0.2) is 22.4 Å². The van der Waals surface area contributed by atoms with Crippen LogP contribution in [0.4, 0.5) is 28.0 Å². The van der Waals surface area contributed by atoms with Gasteiger partial charge in [-0.3, -0.25) is 4.98 Å². The van der Waals surface area contributed by atoms with Crippen molar-refractivity contribution >= 4 is 11.7 Å². The van der Waals surface area contributed by atoms with Crippen LogP contribution >= 0.6 is 0 Å². The van der Waals surface area contributed by atoms with E-state index in [0.717, 1.165) is 18.3 Å². The van der Waals surface area contributed by atoms with Gasteiger partial charge in [0.2, 0.25) is 0 Å². The maximum Gasteiger partial charge on any atom is 0.321 e. The molecule has 0 radical (unpaired) electrons. The van der Waals surface area contributed by atoms with E-state index in [2.05, 4.69) is 10.3 Å². The molecule has 1 aromatic heterocycles. The van der Waals surface area contributed by atoms with E-state index in [1.807, 2.05) is 0 Å². The van der Waals surface area contributed by atoms with Gasteiger partial charge in [0.15, 0.2) is 5.67 Å². The summed E-state index contributed by atoms with van der Waals surface area (Å²) in [6.07, 6.45) is -0.621. The standard InChI is InChI=1S/C20H21F4N3O3/c21-9-12-1-2-14(8-15(12)22)26-19(30)27-5-3-20(24,4-6-27)18-16(23)7-13(10-25-18)17(29)11-28/h1-2,7-8,10,17,28-29H,3-6,9,11H2,(H,26,30)/t17-/m0/s1. The first-order valence-electron chi connectivity index (χ1n) is 9.31. The second kappa shape index (κ2) is 8.97. The van der Waals surface area contributed by atoms with Crippen LogP contribution in [0.25, 0.3) is 0 Å². The minimum Gasteiger partial charge on any atom is -0.393 e. The normalized spacial score (nSPS) is 16.9. The molecular weight excluding hydrogens is 406 g/mol. The fraction of sp³-hybridized carbons (Fsp3) is 0.400. The molecule has 2 heterocycles. The molecule has 3 N–H and O–H groups in total. The average Bonchev–Trinajstić information content (AvgIpc) is 2.73. The van der Waals surface area contributed by atoms with E-state index < -0.39 is 48.4 Å². The molecule has 3 rings (SSSR count). The van der Waals surface area contributed by atoms with Crippen LogP contribution in [-0.4, -0.2) is 45.8 Å². The highest BCUT2D eigenvalue weighted by Gasteiger charge is 2.41. The molecule has 6 nitrogen and oxygen atoms in total. The van der Waals surface area contributed by atoms with Crippen LogP contribution in [0.1, 0.15) is 35.8 Å². The number of nitrogens with zero attached hydrogens (tertiary/aromatic N) is 2. The molecule has 1 fully saturated rings. The number of urea groups is 1. The number of likely N-dealkylation sites (tertiary alicyclic amines) is 1. The summed E-state index contributed by atoms with van der Waals surface area (Å²) in [5, 5.41) is 20.9. The average molecular weight is 427 g/mol. The zero-order chi connectivity index (χ0) is 21.9. The van der Waals surface area contributed by atoms with E-state index in [1.54, 1.807) is 0 Å². The molecule has 10 heteroatoms. The minimum absolute atomic E-state index is 0.0322. The van der Waals surface area contributed by atoms with Gasteiger partial charge in [-0.15, -0.1) is 0 Å². The third kappa shape index (κ3) is 4.54. The highest BCUT2D eigenvalue weighted by atomic mass is 19.2. The zero-order valence-electron chi connectivity index (χ0n) is 15.9. The van der Waals surface area contributed by atoms with Crippen molar-refractivity contribution in [2.45, 2.75) is 31.3 Å². The molecule has 0 unspecified atom stereocenters. The van der Waals surface area contributed by atoms with Gasteiger partial charge in [-0.1, -0.05) is 6.07 Å². The first-order chi connectivity index (χ1) is 14.3. The second-order valence-electron chi connectivity index (χ2n) is 7.12. The van der Waals surface area contributed by atoms with Gasteiger partial charge >= 0.3 is 6.03 Å². The number of nitrogens with one attached hydrogen (secondary N) is 1. The highest BCUT2D eigenvalue weighted by molar-refractivity contribution is 5.89. The van der Waals surface area contributed by atoms with Gasteiger partial charge in [-0.05, 0) is 18.2 Å². The number of hydrogen-bond acceptors (Lipinski definition) is 4. The summed E-state index contributed by atoms with van der Waals surface area (Å²) in [6.45, 7) is -1.65. The predicted octanol–water partition coefficient (Wildman–Crippen LogP) is 3.35. The zero-order valence-corrected chi connectivity index (χ0v) is 15.9. The van der Waals surface area contributed by atoms with Gasteiger partial charge in [0.25, 0.3) is 0 Å². The summed E-state index contributed by atoms with van der Waals surface area (Å²) in [7, 11) is 0. The number of rotatable bonds is 5. The van der Waals surface area contributed by atoms with Crippen LogP contribution in [0.2, 0.25) is 0 Å². The molecule has 30 heavy (non-hydrogen) atoms. The smallest absolute Gasteiger partial charge is 0.321 e. The molecular formula is C20H21F4N3O3. The second-order valence-corrected chi connectivity index (χ2v) is 7.12. The molecule has 0 aliphatic carbocycles. The predicted molar refractivity (Wildman–Crippen MR) is 100 cm³/mol. The lowest BCUT2D eigenvalue weighted by Gasteiger charge is -2.36. The van der Waals surface area contributed by atoms with Crippen molar-refractivity contribution < 1.29 is 32.6 Å². The third-order valence-corrected chi connectivity index (χ3v) is 5.14. The monoisotopic (exact) mass is 427 g/mol. The number of aromatic nitrogens is 1. The number of carbonyl (C=O) groups excluding carboxylic acids is 1. The molecule has 1 aliphatic rings. The third-order valence-electron chi connectivity index (χ3n) is 5.14. The summed E-state index contributed by atoms with van der Waals surface area (Å²) < 4.78 is 55.9. The highest BCUT2D eigenvalue weighted by Crippen LogP contribution is 2.37. The molecule has 1 aromatic carbocycles. The Bertz CT molecular complexity index is 920. The van der Waals surface area contributed by atoms with Crippen molar-refractivity contribution in [1.29, 1.82) is 0 Å². The molecule has 2 amide bonds.